The van der Waals surface area contributed by atoms with Gasteiger partial charge in [0.2, 0.25) is 11.6 Å². The molecule has 3 aromatic carbocycles. The molecule has 0 unspecified atom stereocenters. The highest BCUT2D eigenvalue weighted by molar-refractivity contribution is 7.87. The number of carbonyl (C=O) groups excluding carboxylic acids is 1. The minimum Gasteiger partial charge on any atom is -0.457 e. The maximum absolute atomic E-state index is 12.9. The number of aliphatic hydroxyl groups is 1. The van der Waals surface area contributed by atoms with Gasteiger partial charge in [-0.15, -0.1) is 0 Å². The number of allylic oxidation sites excluding steroid dienone is 7. The van der Waals surface area contributed by atoms with Gasteiger partial charge in [-0.25, -0.2) is 0 Å². The van der Waals surface area contributed by atoms with E-state index in [1.807, 2.05) is 61.5 Å². The molecule has 2 heterocycles. The highest BCUT2D eigenvalue weighted by atomic mass is 32.2. The van der Waals surface area contributed by atoms with Crippen LogP contribution in [0.3, 0.4) is 0 Å². The third-order valence-corrected chi connectivity index (χ3v) is 21.9. The largest absolute Gasteiger partial charge is 0.457 e. The second-order valence-electron chi connectivity index (χ2n) is 20.5. The van der Waals surface area contributed by atoms with Gasteiger partial charge < -0.3 is 39.6 Å². The molecule has 1 aliphatic carbocycles. The molecule has 0 fully saturated rings. The van der Waals surface area contributed by atoms with Crippen molar-refractivity contribution in [1.29, 1.82) is 0 Å². The van der Waals surface area contributed by atoms with Gasteiger partial charge in [0.15, 0.2) is 5.71 Å². The molecule has 6 rings (SSSR count). The molecule has 0 bridgehead atoms. The van der Waals surface area contributed by atoms with Crippen LogP contribution in [0, 0.1) is 0 Å². The third-order valence-electron chi connectivity index (χ3n) is 14.3. The number of anilines is 1. The lowest BCUT2D eigenvalue weighted by Gasteiger charge is -2.29. The number of rotatable bonds is 25. The number of carbonyl (C=O) groups is 1. The first-order valence-corrected chi connectivity index (χ1v) is 34.1. The fourth-order valence-electron chi connectivity index (χ4n) is 9.92. The molecular formula is C50H66N3O21P2S4+. The summed E-state index contributed by atoms with van der Waals surface area (Å²) in [6.07, 6.45) is 9.36. The van der Waals surface area contributed by atoms with Crippen LogP contribution in [0.4, 0.5) is 11.4 Å². The minimum absolute atomic E-state index is 0.0760. The van der Waals surface area contributed by atoms with Crippen LogP contribution in [-0.4, -0.2) is 126 Å². The molecule has 24 nitrogen and oxygen atoms in total. The summed E-state index contributed by atoms with van der Waals surface area (Å²) >= 11 is 0. The summed E-state index contributed by atoms with van der Waals surface area (Å²) in [5, 5.41) is 8.76. The molecule has 30 heteroatoms. The summed E-state index contributed by atoms with van der Waals surface area (Å²) in [6.45, 7) is 7.49. The lowest BCUT2D eigenvalue weighted by Crippen LogP contribution is -2.35. The second-order valence-corrected chi connectivity index (χ2v) is 30.6. The minimum atomic E-state index is -5.72. The van der Waals surface area contributed by atoms with Crippen molar-refractivity contribution in [1.82, 2.24) is 5.32 Å². The fraction of sp³-hybridized carbons (Fsp3) is 0.440. The van der Waals surface area contributed by atoms with Crippen molar-refractivity contribution in [3.05, 3.63) is 119 Å². The number of fused-ring (bicyclic) bond motifs is 2. The summed E-state index contributed by atoms with van der Waals surface area (Å²) in [5.74, 6) is -0.495. The first kappa shape index (κ1) is 64.4. The number of hydrogen-bond acceptors (Lipinski definition) is 15. The quantitative estimate of drug-likeness (QED) is 0.0147. The number of nitrogens with one attached hydrogen (secondary N) is 1. The Labute approximate surface area is 465 Å². The summed E-state index contributed by atoms with van der Waals surface area (Å²) in [5.41, 5.74) is 3.47. The molecule has 2 aliphatic heterocycles. The van der Waals surface area contributed by atoms with Gasteiger partial charge in [0.1, 0.15) is 18.1 Å². The van der Waals surface area contributed by atoms with E-state index in [2.05, 4.69) is 5.32 Å². The Balaban J connectivity index is 1.39. The Morgan fingerprint density at radius 1 is 0.750 bits per heavy atom. The molecule has 9 N–H and O–H groups in total. The molecule has 3 aliphatic rings. The van der Waals surface area contributed by atoms with Gasteiger partial charge in [-0.05, 0) is 142 Å². The molecule has 80 heavy (non-hydrogen) atoms. The Morgan fingerprint density at radius 3 is 1.96 bits per heavy atom. The summed E-state index contributed by atoms with van der Waals surface area (Å²) in [4.78, 5) is 51.4. The lowest BCUT2D eigenvalue weighted by molar-refractivity contribution is -0.438. The van der Waals surface area contributed by atoms with E-state index in [1.54, 1.807) is 12.1 Å². The molecule has 3 aromatic rings. The molecule has 1 amide bonds. The molecule has 0 aromatic heterocycles. The van der Waals surface area contributed by atoms with Crippen LogP contribution >= 0.6 is 15.2 Å². The Hall–Kier alpha value is -4.74. The van der Waals surface area contributed by atoms with E-state index in [-0.39, 0.29) is 39.8 Å². The summed E-state index contributed by atoms with van der Waals surface area (Å²) in [6, 6.07) is 13.9. The van der Waals surface area contributed by atoms with E-state index in [1.165, 1.54) is 48.5 Å². The van der Waals surface area contributed by atoms with Crippen LogP contribution in [0.2, 0.25) is 0 Å². The van der Waals surface area contributed by atoms with Gasteiger partial charge in [-0.2, -0.15) is 38.2 Å². The standard InChI is InChI=1S/C50H65N3O21P2S4/c1-48(2)40-32-38(79(68,69)70)21-23-42(40)52(29-8-6-7-14-46(54)51-28-27-50(55,75(56,57)58)76(59,60)61)44(48)25-15-34-12-11-13-35(47(34)74-36-17-19-37(20-18-36)78(65,66)67)16-26-45-49(3,4)41-33-39(80(71,72)73-5)22-24-43(41)53(45)30-9-10-31-77(62,63)64/h15-26,32-33,55H,6-14,27-31H2,1-5H3,(H7-,51,54,56,57,58,59,60,61,62,63,64,65,66,67,68,69,70)/p+1. The lowest BCUT2D eigenvalue weighted by atomic mass is 9.81. The maximum Gasteiger partial charge on any atom is 0.369 e. The van der Waals surface area contributed by atoms with Gasteiger partial charge >= 0.3 is 15.2 Å². The zero-order valence-corrected chi connectivity index (χ0v) is 49.3. The number of ether oxygens (including phenoxy) is 1. The Morgan fingerprint density at radius 2 is 1.36 bits per heavy atom. The summed E-state index contributed by atoms with van der Waals surface area (Å²) < 4.78 is 164. The summed E-state index contributed by atoms with van der Waals surface area (Å²) in [7, 11) is -27.9. The van der Waals surface area contributed by atoms with Crippen LogP contribution in [0.1, 0.15) is 103 Å². The Bertz CT molecular complexity index is 3610. The van der Waals surface area contributed by atoms with Gasteiger partial charge in [-0.1, -0.05) is 19.9 Å². The molecule has 0 atom stereocenters. The van der Waals surface area contributed by atoms with Crippen LogP contribution in [0.15, 0.2) is 122 Å². The first-order chi connectivity index (χ1) is 36.8. The number of unbranched alkanes of at least 4 members (excludes halogenated alkanes) is 3. The first-order valence-electron chi connectivity index (χ1n) is 25.0. The molecule has 440 valence electrons. The van der Waals surface area contributed by atoms with Gasteiger partial charge in [0.05, 0.1) is 33.0 Å². The van der Waals surface area contributed by atoms with Crippen LogP contribution in [-0.2, 0) is 69.4 Å². The van der Waals surface area contributed by atoms with E-state index in [0.717, 1.165) is 7.11 Å². The topological polar surface area (TPSA) is 386 Å². The van der Waals surface area contributed by atoms with E-state index >= 15 is 0 Å². The molecule has 0 saturated carbocycles. The highest BCUT2D eigenvalue weighted by Gasteiger charge is 2.59. The van der Waals surface area contributed by atoms with E-state index in [0.29, 0.717) is 102 Å². The number of nitrogens with zero attached hydrogens (tertiary/aromatic N) is 2. The van der Waals surface area contributed by atoms with E-state index in [9.17, 15) is 85.9 Å². The zero-order valence-electron chi connectivity index (χ0n) is 44.3. The number of amides is 1. The zero-order chi connectivity index (χ0) is 59.7. The molecular weight excluding hydrogens is 1170 g/mol. The van der Waals surface area contributed by atoms with Gasteiger partial charge in [-0.3, -0.25) is 31.8 Å². The van der Waals surface area contributed by atoms with Crippen molar-refractivity contribution in [3.8, 4) is 5.75 Å². The molecule has 0 spiro atoms. The van der Waals surface area contributed by atoms with Crippen LogP contribution in [0.5, 0.6) is 5.75 Å². The Kier molecular flexibility index (Phi) is 19.5. The van der Waals surface area contributed by atoms with Gasteiger partial charge in [0.25, 0.3) is 45.6 Å². The molecule has 0 radical (unpaired) electrons. The molecule has 0 saturated heterocycles. The van der Waals surface area contributed by atoms with Crippen molar-refractivity contribution in [2.75, 3.05) is 37.4 Å². The normalized spacial score (nSPS) is 18.1. The smallest absolute Gasteiger partial charge is 0.369 e. The third kappa shape index (κ3) is 14.7. The SMILES string of the molecule is COS(=O)(=O)c1ccc2c(c1)C(C)(C)/C(=C\C=C1/CCCC(/C=C/C3=[N+](CCCCCC(=O)NCCC(O)(P(=O)(O)O)P(=O)(O)O)c4ccc(S(=O)(=O)O)cc4C3(C)C)=C1Oc1ccc(S(=O)(=O)O)cc1)N2CCCCS(=O)(=O)O. The monoisotopic (exact) mass is 1230 g/mol. The van der Waals surface area contributed by atoms with E-state index < -0.39 is 96.2 Å². The van der Waals surface area contributed by atoms with Crippen molar-refractivity contribution in [2.45, 2.75) is 123 Å². The number of hydrogen-bond donors (Lipinski definition) is 9. The van der Waals surface area contributed by atoms with Gasteiger partial charge in [0, 0.05) is 66.9 Å². The van der Waals surface area contributed by atoms with E-state index in [4.69, 9.17) is 8.92 Å². The fourth-order valence-corrected chi connectivity index (χ4v) is 14.3. The second kappa shape index (κ2) is 24.2. The van der Waals surface area contributed by atoms with Crippen molar-refractivity contribution in [3.63, 3.8) is 0 Å². The van der Waals surface area contributed by atoms with Crippen molar-refractivity contribution < 1.29 is 99.4 Å². The van der Waals surface area contributed by atoms with Crippen molar-refractivity contribution >= 4 is 78.7 Å². The maximum atomic E-state index is 12.9. The van der Waals surface area contributed by atoms with Crippen molar-refractivity contribution in [2.24, 2.45) is 0 Å². The predicted octanol–water partition coefficient (Wildman–Crippen LogP) is 6.31. The van der Waals surface area contributed by atoms with Crippen LogP contribution in [0.25, 0.3) is 0 Å². The average Bonchev–Trinajstić information content (AvgIpc) is 3.98. The average molecular weight is 1240 g/mol. The predicted molar refractivity (Wildman–Crippen MR) is 294 cm³/mol. The number of benzene rings is 3. The highest BCUT2D eigenvalue weighted by Crippen LogP contribution is 2.68. The van der Waals surface area contributed by atoms with Crippen LogP contribution < -0.4 is 15.0 Å².